The van der Waals surface area contributed by atoms with Gasteiger partial charge in [-0.05, 0) is 66.2 Å². The summed E-state index contributed by atoms with van der Waals surface area (Å²) < 4.78 is 12.0. The predicted octanol–water partition coefficient (Wildman–Crippen LogP) is 8.46. The average Bonchev–Trinajstić information content (AvgIpc) is 2.86. The molecule has 2 nitrogen and oxygen atoms in total. The molecule has 32 heavy (non-hydrogen) atoms. The fourth-order valence-electron chi connectivity index (χ4n) is 5.53. The van der Waals surface area contributed by atoms with Crippen LogP contribution in [0.1, 0.15) is 101 Å². The highest BCUT2D eigenvalue weighted by molar-refractivity contribution is 5.64. The van der Waals surface area contributed by atoms with Crippen molar-refractivity contribution in [2.45, 2.75) is 96.2 Å². The van der Waals surface area contributed by atoms with Crippen molar-refractivity contribution in [3.8, 4) is 11.1 Å². The minimum Gasteiger partial charge on any atom is -0.373 e. The van der Waals surface area contributed by atoms with Crippen molar-refractivity contribution in [1.82, 2.24) is 0 Å². The summed E-state index contributed by atoms with van der Waals surface area (Å²) in [6.45, 7) is 5.88. The maximum absolute atomic E-state index is 6.07. The predicted molar refractivity (Wildman–Crippen MR) is 134 cm³/mol. The van der Waals surface area contributed by atoms with E-state index in [1.807, 2.05) is 0 Å². The van der Waals surface area contributed by atoms with Gasteiger partial charge in [-0.1, -0.05) is 94.5 Å². The van der Waals surface area contributed by atoms with Gasteiger partial charge in [-0.3, -0.25) is 0 Å². The van der Waals surface area contributed by atoms with Gasteiger partial charge in [0.1, 0.15) is 6.10 Å². The summed E-state index contributed by atoms with van der Waals surface area (Å²) in [5, 5.41) is 0. The van der Waals surface area contributed by atoms with Crippen LogP contribution >= 0.6 is 0 Å². The molecule has 1 heterocycles. The molecular formula is C30H42O2. The van der Waals surface area contributed by atoms with E-state index in [1.165, 1.54) is 73.6 Å². The highest BCUT2D eigenvalue weighted by Crippen LogP contribution is 2.38. The number of hydrogen-bond acceptors (Lipinski definition) is 2. The molecule has 2 aromatic rings. The molecule has 2 heteroatoms. The third-order valence-corrected chi connectivity index (χ3v) is 7.64. The Kier molecular flexibility index (Phi) is 8.82. The van der Waals surface area contributed by atoms with Crippen molar-refractivity contribution in [3.05, 3.63) is 59.7 Å². The quantitative estimate of drug-likeness (QED) is 0.368. The SMILES string of the molecule is CCCCCC1CCC(c2ccc(-c3ccc([C@@H]4CO[C@@H](CCC)CO4)cc3)cc2)CC1. The Balaban J connectivity index is 1.29. The zero-order valence-corrected chi connectivity index (χ0v) is 20.2. The molecule has 1 saturated carbocycles. The second-order valence-corrected chi connectivity index (χ2v) is 10.0. The van der Waals surface area contributed by atoms with E-state index < -0.39 is 0 Å². The molecule has 0 amide bonds. The number of unbranched alkanes of at least 4 members (excludes halogenated alkanes) is 2. The molecule has 1 aliphatic heterocycles. The van der Waals surface area contributed by atoms with Gasteiger partial charge in [0.2, 0.25) is 0 Å². The molecule has 0 N–H and O–H groups in total. The molecule has 2 fully saturated rings. The van der Waals surface area contributed by atoms with E-state index in [0.29, 0.717) is 13.2 Å². The van der Waals surface area contributed by atoms with Gasteiger partial charge in [-0.15, -0.1) is 0 Å². The van der Waals surface area contributed by atoms with Crippen LogP contribution in [0.2, 0.25) is 0 Å². The molecule has 2 aromatic carbocycles. The summed E-state index contributed by atoms with van der Waals surface area (Å²) in [6, 6.07) is 18.2. The fraction of sp³-hybridized carbons (Fsp3) is 0.600. The Bertz CT molecular complexity index is 779. The van der Waals surface area contributed by atoms with Crippen molar-refractivity contribution in [2.75, 3.05) is 13.2 Å². The summed E-state index contributed by atoms with van der Waals surface area (Å²) in [6.07, 6.45) is 13.8. The molecular weight excluding hydrogens is 392 g/mol. The Morgan fingerprint density at radius 2 is 1.31 bits per heavy atom. The first kappa shape index (κ1) is 23.5. The van der Waals surface area contributed by atoms with E-state index in [-0.39, 0.29) is 12.2 Å². The maximum atomic E-state index is 6.07. The molecule has 174 valence electrons. The number of rotatable bonds is 9. The standard InChI is InChI=1S/C30H42O2/c1-3-5-6-8-23-9-11-24(12-10-23)25-13-15-26(16-14-25)27-17-19-28(20-18-27)30-22-31-29(7-4-2)21-32-30/h13-20,23-24,29-30H,3-12,21-22H2,1-2H3/t23?,24?,29-,30-/m0/s1. The molecule has 1 saturated heterocycles. The van der Waals surface area contributed by atoms with Crippen molar-refractivity contribution in [2.24, 2.45) is 5.92 Å². The van der Waals surface area contributed by atoms with E-state index >= 15 is 0 Å². The van der Waals surface area contributed by atoms with Crippen LogP contribution < -0.4 is 0 Å². The van der Waals surface area contributed by atoms with E-state index in [9.17, 15) is 0 Å². The van der Waals surface area contributed by atoms with Crippen LogP contribution in [0.5, 0.6) is 0 Å². The first-order valence-electron chi connectivity index (χ1n) is 13.2. The van der Waals surface area contributed by atoms with Crippen LogP contribution in [0.4, 0.5) is 0 Å². The van der Waals surface area contributed by atoms with E-state index in [0.717, 1.165) is 24.7 Å². The minimum atomic E-state index is 0.0663. The molecule has 0 spiro atoms. The monoisotopic (exact) mass is 434 g/mol. The maximum Gasteiger partial charge on any atom is 0.106 e. The zero-order chi connectivity index (χ0) is 22.2. The van der Waals surface area contributed by atoms with Gasteiger partial charge in [-0.2, -0.15) is 0 Å². The van der Waals surface area contributed by atoms with Crippen molar-refractivity contribution in [1.29, 1.82) is 0 Å². The van der Waals surface area contributed by atoms with Crippen LogP contribution in [-0.2, 0) is 9.47 Å². The van der Waals surface area contributed by atoms with Crippen molar-refractivity contribution in [3.63, 3.8) is 0 Å². The number of ether oxygens (including phenoxy) is 2. The number of hydrogen-bond donors (Lipinski definition) is 0. The Morgan fingerprint density at radius 1 is 0.656 bits per heavy atom. The van der Waals surface area contributed by atoms with Crippen LogP contribution in [-0.4, -0.2) is 19.3 Å². The average molecular weight is 435 g/mol. The van der Waals surface area contributed by atoms with Crippen LogP contribution in [0.3, 0.4) is 0 Å². The summed E-state index contributed by atoms with van der Waals surface area (Å²) in [7, 11) is 0. The molecule has 2 aliphatic rings. The first-order chi connectivity index (χ1) is 15.8. The van der Waals surface area contributed by atoms with E-state index in [4.69, 9.17) is 9.47 Å². The molecule has 1 aliphatic carbocycles. The molecule has 0 radical (unpaired) electrons. The van der Waals surface area contributed by atoms with Gasteiger partial charge in [-0.25, -0.2) is 0 Å². The van der Waals surface area contributed by atoms with Gasteiger partial charge in [0.15, 0.2) is 0 Å². The summed E-state index contributed by atoms with van der Waals surface area (Å²) in [5.41, 5.74) is 5.33. The fourth-order valence-corrected chi connectivity index (χ4v) is 5.53. The minimum absolute atomic E-state index is 0.0663. The van der Waals surface area contributed by atoms with Crippen molar-refractivity contribution >= 4 is 0 Å². The lowest BCUT2D eigenvalue weighted by Gasteiger charge is -2.29. The van der Waals surface area contributed by atoms with Gasteiger partial charge in [0.05, 0.1) is 19.3 Å². The van der Waals surface area contributed by atoms with E-state index in [1.54, 1.807) is 0 Å². The molecule has 0 bridgehead atoms. The molecule has 4 rings (SSSR count). The smallest absolute Gasteiger partial charge is 0.106 e. The van der Waals surface area contributed by atoms with Crippen LogP contribution in [0.15, 0.2) is 48.5 Å². The van der Waals surface area contributed by atoms with Gasteiger partial charge >= 0.3 is 0 Å². The van der Waals surface area contributed by atoms with Gasteiger partial charge < -0.3 is 9.47 Å². The second-order valence-electron chi connectivity index (χ2n) is 10.0. The van der Waals surface area contributed by atoms with E-state index in [2.05, 4.69) is 62.4 Å². The topological polar surface area (TPSA) is 18.5 Å². The Morgan fingerprint density at radius 3 is 1.88 bits per heavy atom. The Labute approximate surface area is 195 Å². The molecule has 0 unspecified atom stereocenters. The zero-order valence-electron chi connectivity index (χ0n) is 20.2. The third kappa shape index (κ3) is 6.23. The lowest BCUT2D eigenvalue weighted by atomic mass is 9.77. The highest BCUT2D eigenvalue weighted by Gasteiger charge is 2.23. The van der Waals surface area contributed by atoms with Crippen molar-refractivity contribution < 1.29 is 9.47 Å². The Hall–Kier alpha value is -1.64. The first-order valence-corrected chi connectivity index (χ1v) is 13.2. The highest BCUT2D eigenvalue weighted by atomic mass is 16.6. The lowest BCUT2D eigenvalue weighted by Crippen LogP contribution is -2.30. The van der Waals surface area contributed by atoms with Gasteiger partial charge in [0, 0.05) is 0 Å². The second kappa shape index (κ2) is 12.0. The number of benzene rings is 2. The molecule has 0 aromatic heterocycles. The lowest BCUT2D eigenvalue weighted by molar-refractivity contribution is -0.137. The van der Waals surface area contributed by atoms with Crippen LogP contribution in [0, 0.1) is 5.92 Å². The van der Waals surface area contributed by atoms with Gasteiger partial charge in [0.25, 0.3) is 0 Å². The summed E-state index contributed by atoms with van der Waals surface area (Å²) in [4.78, 5) is 0. The van der Waals surface area contributed by atoms with Crippen LogP contribution in [0.25, 0.3) is 11.1 Å². The largest absolute Gasteiger partial charge is 0.373 e. The molecule has 2 atom stereocenters. The normalized spacial score (nSPS) is 26.2. The summed E-state index contributed by atoms with van der Waals surface area (Å²) in [5.74, 6) is 1.74. The summed E-state index contributed by atoms with van der Waals surface area (Å²) >= 11 is 0. The third-order valence-electron chi connectivity index (χ3n) is 7.64.